The topological polar surface area (TPSA) is 77.2 Å². The molecule has 0 aliphatic carbocycles. The highest BCUT2D eigenvalue weighted by molar-refractivity contribution is 5.95. The van der Waals surface area contributed by atoms with E-state index >= 15 is 0 Å². The molecule has 1 aromatic heterocycles. The van der Waals surface area contributed by atoms with Crippen LogP contribution in [0.15, 0.2) is 36.5 Å². The lowest BCUT2D eigenvalue weighted by Gasteiger charge is -2.09. The van der Waals surface area contributed by atoms with Crippen molar-refractivity contribution in [3.05, 3.63) is 53.3 Å². The number of nitrogens with one attached hydrogen (secondary N) is 1. The quantitative estimate of drug-likeness (QED) is 0.825. The number of aromatic nitrogens is 1. The minimum Gasteiger partial charge on any atom is -0.492 e. The Kier molecular flexibility index (Phi) is 4.77. The highest BCUT2D eigenvalue weighted by Gasteiger charge is 2.09. The number of carbonyl (C=O) groups excluding carboxylic acids is 1. The Morgan fingerprint density at radius 3 is 2.90 bits per heavy atom. The van der Waals surface area contributed by atoms with E-state index in [-0.39, 0.29) is 5.91 Å². The Morgan fingerprint density at radius 1 is 1.33 bits per heavy atom. The van der Waals surface area contributed by atoms with Crippen LogP contribution in [0.2, 0.25) is 0 Å². The normalized spacial score (nSPS) is 10.2. The van der Waals surface area contributed by atoms with Crippen LogP contribution in [0, 0.1) is 13.8 Å². The van der Waals surface area contributed by atoms with Crippen molar-refractivity contribution in [1.82, 2.24) is 10.3 Å². The second-order valence-corrected chi connectivity index (χ2v) is 4.82. The molecule has 110 valence electrons. The van der Waals surface area contributed by atoms with Crippen molar-refractivity contribution in [3.8, 4) is 5.75 Å². The summed E-state index contributed by atoms with van der Waals surface area (Å²) in [5.41, 5.74) is 8.40. The summed E-state index contributed by atoms with van der Waals surface area (Å²) in [7, 11) is 0. The van der Waals surface area contributed by atoms with E-state index in [1.807, 2.05) is 31.2 Å². The monoisotopic (exact) mass is 285 g/mol. The Labute approximate surface area is 124 Å². The largest absolute Gasteiger partial charge is 0.492 e. The van der Waals surface area contributed by atoms with E-state index in [0.717, 1.165) is 11.3 Å². The number of hydrogen-bond donors (Lipinski definition) is 2. The molecule has 0 saturated heterocycles. The zero-order chi connectivity index (χ0) is 15.2. The zero-order valence-corrected chi connectivity index (χ0v) is 12.2. The molecule has 2 rings (SSSR count). The molecule has 0 aliphatic heterocycles. The molecule has 5 heteroatoms. The van der Waals surface area contributed by atoms with Crippen molar-refractivity contribution in [2.75, 3.05) is 18.9 Å². The first kappa shape index (κ1) is 14.8. The minimum atomic E-state index is -0.194. The van der Waals surface area contributed by atoms with Gasteiger partial charge in [-0.15, -0.1) is 0 Å². The molecule has 1 amide bonds. The third-order valence-electron chi connectivity index (χ3n) is 3.00. The number of hydrogen-bond acceptors (Lipinski definition) is 4. The first-order valence-electron chi connectivity index (χ1n) is 6.76. The van der Waals surface area contributed by atoms with Crippen LogP contribution in [0.1, 0.15) is 21.6 Å². The van der Waals surface area contributed by atoms with Gasteiger partial charge in [-0.05, 0) is 37.6 Å². The highest BCUT2D eigenvalue weighted by atomic mass is 16.5. The van der Waals surface area contributed by atoms with Crippen LogP contribution in [-0.4, -0.2) is 24.0 Å². The smallest absolute Gasteiger partial charge is 0.253 e. The molecule has 21 heavy (non-hydrogen) atoms. The van der Waals surface area contributed by atoms with Crippen molar-refractivity contribution < 1.29 is 9.53 Å². The molecule has 0 saturated carbocycles. The number of benzene rings is 1. The van der Waals surface area contributed by atoms with Gasteiger partial charge in [-0.1, -0.05) is 12.1 Å². The van der Waals surface area contributed by atoms with Gasteiger partial charge in [-0.25, -0.2) is 0 Å². The Bertz CT molecular complexity index is 641. The van der Waals surface area contributed by atoms with Crippen LogP contribution in [-0.2, 0) is 0 Å². The Hall–Kier alpha value is -2.56. The van der Waals surface area contributed by atoms with E-state index in [1.54, 1.807) is 13.0 Å². The van der Waals surface area contributed by atoms with Crippen LogP contribution in [0.4, 0.5) is 5.69 Å². The summed E-state index contributed by atoms with van der Waals surface area (Å²) in [5, 5.41) is 2.79. The van der Waals surface area contributed by atoms with Crippen LogP contribution in [0.25, 0.3) is 0 Å². The Balaban J connectivity index is 1.83. The lowest BCUT2D eigenvalue weighted by atomic mass is 10.2. The van der Waals surface area contributed by atoms with Gasteiger partial charge in [0, 0.05) is 0 Å². The number of rotatable bonds is 5. The Morgan fingerprint density at radius 2 is 2.14 bits per heavy atom. The summed E-state index contributed by atoms with van der Waals surface area (Å²) in [6, 6.07) is 9.41. The van der Waals surface area contributed by atoms with E-state index in [9.17, 15) is 4.79 Å². The summed E-state index contributed by atoms with van der Waals surface area (Å²) < 4.78 is 5.57. The van der Waals surface area contributed by atoms with Crippen molar-refractivity contribution in [2.24, 2.45) is 0 Å². The predicted molar refractivity (Wildman–Crippen MR) is 82.4 cm³/mol. The molecule has 1 heterocycles. The van der Waals surface area contributed by atoms with Gasteiger partial charge < -0.3 is 15.8 Å². The second-order valence-electron chi connectivity index (χ2n) is 4.82. The van der Waals surface area contributed by atoms with Gasteiger partial charge in [0.2, 0.25) is 0 Å². The summed E-state index contributed by atoms with van der Waals surface area (Å²) in [6.45, 7) is 4.60. The van der Waals surface area contributed by atoms with Crippen molar-refractivity contribution in [3.63, 3.8) is 0 Å². The van der Waals surface area contributed by atoms with Gasteiger partial charge in [-0.3, -0.25) is 9.78 Å². The van der Waals surface area contributed by atoms with E-state index in [2.05, 4.69) is 10.3 Å². The van der Waals surface area contributed by atoms with Crippen LogP contribution in [0.3, 0.4) is 0 Å². The number of carbonyl (C=O) groups is 1. The molecule has 0 spiro atoms. The van der Waals surface area contributed by atoms with Crippen LogP contribution >= 0.6 is 0 Å². The molecule has 5 nitrogen and oxygen atoms in total. The molecule has 0 atom stereocenters. The van der Waals surface area contributed by atoms with E-state index in [1.165, 1.54) is 6.20 Å². The van der Waals surface area contributed by atoms with Crippen molar-refractivity contribution in [1.29, 1.82) is 0 Å². The molecule has 0 fully saturated rings. The fourth-order valence-corrected chi connectivity index (χ4v) is 1.91. The fourth-order valence-electron chi connectivity index (χ4n) is 1.91. The minimum absolute atomic E-state index is 0.194. The zero-order valence-electron chi connectivity index (χ0n) is 12.2. The van der Waals surface area contributed by atoms with Gasteiger partial charge >= 0.3 is 0 Å². The predicted octanol–water partition coefficient (Wildman–Crippen LogP) is 2.09. The summed E-state index contributed by atoms with van der Waals surface area (Å²) in [6.07, 6.45) is 1.53. The maximum atomic E-state index is 12.0. The fraction of sp³-hybridized carbons (Fsp3) is 0.250. The van der Waals surface area contributed by atoms with E-state index < -0.39 is 0 Å². The van der Waals surface area contributed by atoms with Crippen molar-refractivity contribution in [2.45, 2.75) is 13.8 Å². The number of aryl methyl sites for hydroxylation is 2. The number of nitrogens with zero attached hydrogens (tertiary/aromatic N) is 1. The molecule has 0 unspecified atom stereocenters. The number of nitrogens with two attached hydrogens (primary N) is 1. The molecule has 0 radical (unpaired) electrons. The average molecular weight is 285 g/mol. The van der Waals surface area contributed by atoms with Gasteiger partial charge in [0.15, 0.2) is 0 Å². The van der Waals surface area contributed by atoms with E-state index in [4.69, 9.17) is 10.5 Å². The highest BCUT2D eigenvalue weighted by Crippen LogP contribution is 2.12. The third kappa shape index (κ3) is 4.21. The van der Waals surface area contributed by atoms with Crippen LogP contribution in [0.5, 0.6) is 5.75 Å². The summed E-state index contributed by atoms with van der Waals surface area (Å²) in [4.78, 5) is 16.1. The number of amides is 1. The third-order valence-corrected chi connectivity index (χ3v) is 3.00. The molecular weight excluding hydrogens is 266 g/mol. The number of ether oxygens (including phenoxy) is 1. The van der Waals surface area contributed by atoms with Gasteiger partial charge in [0.05, 0.1) is 29.7 Å². The van der Waals surface area contributed by atoms with Crippen LogP contribution < -0.4 is 15.8 Å². The first-order valence-corrected chi connectivity index (χ1v) is 6.76. The van der Waals surface area contributed by atoms with Gasteiger partial charge in [-0.2, -0.15) is 0 Å². The van der Waals surface area contributed by atoms with Crippen molar-refractivity contribution >= 4 is 11.6 Å². The summed E-state index contributed by atoms with van der Waals surface area (Å²) in [5.74, 6) is 0.603. The maximum absolute atomic E-state index is 12.0. The second kappa shape index (κ2) is 6.74. The molecule has 3 N–H and O–H groups in total. The lowest BCUT2D eigenvalue weighted by molar-refractivity contribution is 0.0946. The molecule has 2 aromatic rings. The summed E-state index contributed by atoms with van der Waals surface area (Å²) >= 11 is 0. The maximum Gasteiger partial charge on any atom is 0.253 e. The number of nitrogen functional groups attached to an aromatic ring is 1. The molecule has 1 aromatic carbocycles. The van der Waals surface area contributed by atoms with E-state index in [0.29, 0.717) is 30.1 Å². The van der Waals surface area contributed by atoms with Gasteiger partial charge in [0.25, 0.3) is 5.91 Å². The molecular formula is C16H19N3O2. The lowest BCUT2D eigenvalue weighted by Crippen LogP contribution is -2.29. The number of anilines is 1. The standard InChI is InChI=1S/C16H19N3O2/c1-11-4-3-5-14(8-11)21-7-6-18-16(20)15-9-13(17)10-19-12(15)2/h3-5,8-10H,6-7,17H2,1-2H3,(H,18,20). The molecule has 0 bridgehead atoms. The molecule has 0 aliphatic rings. The van der Waals surface area contributed by atoms with Gasteiger partial charge in [0.1, 0.15) is 12.4 Å². The first-order chi connectivity index (χ1) is 10.1. The average Bonchev–Trinajstić information content (AvgIpc) is 2.46. The SMILES string of the molecule is Cc1cccc(OCCNC(=O)c2cc(N)cnc2C)c1. The number of pyridine rings is 1.